The van der Waals surface area contributed by atoms with Gasteiger partial charge in [0, 0.05) is 25.6 Å². The largest absolute Gasteiger partial charge is 0.356 e. The molecule has 1 unspecified atom stereocenters. The van der Waals surface area contributed by atoms with Gasteiger partial charge < -0.3 is 10.6 Å². The molecule has 0 bridgehead atoms. The zero-order valence-corrected chi connectivity index (χ0v) is 13.4. The van der Waals surface area contributed by atoms with Gasteiger partial charge in [0.25, 0.3) is 0 Å². The first-order valence-electron chi connectivity index (χ1n) is 7.51. The molecule has 116 valence electrons. The van der Waals surface area contributed by atoms with E-state index in [9.17, 15) is 9.59 Å². The Morgan fingerprint density at radius 2 is 1.71 bits per heavy atom. The van der Waals surface area contributed by atoms with E-state index in [-0.39, 0.29) is 11.8 Å². The first-order valence-corrected chi connectivity index (χ1v) is 7.51. The summed E-state index contributed by atoms with van der Waals surface area (Å²) in [5.74, 6) is 0.972. The predicted octanol–water partition coefficient (Wildman–Crippen LogP) is 2.99. The number of anilines is 1. The van der Waals surface area contributed by atoms with Crippen molar-refractivity contribution in [3.63, 3.8) is 0 Å². The Labute approximate surface area is 127 Å². The van der Waals surface area contributed by atoms with E-state index in [1.165, 1.54) is 6.92 Å². The lowest BCUT2D eigenvalue weighted by atomic mass is 9.94. The molecular weight excluding hydrogens is 264 g/mol. The number of rotatable bonds is 7. The monoisotopic (exact) mass is 290 g/mol. The molecule has 1 aromatic carbocycles. The van der Waals surface area contributed by atoms with Gasteiger partial charge >= 0.3 is 0 Å². The van der Waals surface area contributed by atoms with Crippen LogP contribution in [0.5, 0.6) is 0 Å². The second-order valence-electron chi connectivity index (χ2n) is 5.90. The summed E-state index contributed by atoms with van der Waals surface area (Å²) in [6.07, 6.45) is 1.38. The molecule has 0 aromatic heterocycles. The molecule has 1 aromatic rings. The molecule has 0 aliphatic rings. The first-order chi connectivity index (χ1) is 9.88. The Morgan fingerprint density at radius 1 is 1.10 bits per heavy atom. The van der Waals surface area contributed by atoms with Crippen molar-refractivity contribution in [3.05, 3.63) is 29.8 Å². The third-order valence-electron chi connectivity index (χ3n) is 3.66. The number of carbonyl (C=O) groups is 2. The highest BCUT2D eigenvalue weighted by Gasteiger charge is 2.11. The molecule has 4 nitrogen and oxygen atoms in total. The molecule has 2 amide bonds. The average Bonchev–Trinajstić information content (AvgIpc) is 2.40. The van der Waals surface area contributed by atoms with Crippen molar-refractivity contribution in [2.75, 3.05) is 11.9 Å². The first kappa shape index (κ1) is 17.2. The molecule has 0 aliphatic carbocycles. The van der Waals surface area contributed by atoms with E-state index < -0.39 is 0 Å². The van der Waals surface area contributed by atoms with Gasteiger partial charge in [-0.3, -0.25) is 9.59 Å². The van der Waals surface area contributed by atoms with Crippen molar-refractivity contribution in [1.29, 1.82) is 0 Å². The maximum atomic E-state index is 11.8. The van der Waals surface area contributed by atoms with Gasteiger partial charge in [0.15, 0.2) is 0 Å². The van der Waals surface area contributed by atoms with Crippen LogP contribution in [0, 0.1) is 11.8 Å². The molecule has 0 radical (unpaired) electrons. The van der Waals surface area contributed by atoms with Crippen LogP contribution in [0.3, 0.4) is 0 Å². The molecule has 21 heavy (non-hydrogen) atoms. The lowest BCUT2D eigenvalue weighted by Gasteiger charge is -2.14. The van der Waals surface area contributed by atoms with E-state index in [4.69, 9.17) is 0 Å². The maximum absolute atomic E-state index is 11.8. The summed E-state index contributed by atoms with van der Waals surface area (Å²) >= 11 is 0. The number of nitrogens with one attached hydrogen (secondary N) is 2. The van der Waals surface area contributed by atoms with Crippen LogP contribution in [-0.4, -0.2) is 18.4 Å². The highest BCUT2D eigenvalue weighted by Crippen LogP contribution is 2.13. The van der Waals surface area contributed by atoms with Gasteiger partial charge in [0.05, 0.1) is 0 Å². The SMILES string of the molecule is CC(=O)Nc1ccc(CCNC(=O)CC(C)C(C)C)cc1. The van der Waals surface area contributed by atoms with Gasteiger partial charge in [-0.15, -0.1) is 0 Å². The summed E-state index contributed by atoms with van der Waals surface area (Å²) in [5.41, 5.74) is 1.93. The van der Waals surface area contributed by atoms with E-state index >= 15 is 0 Å². The van der Waals surface area contributed by atoms with Crippen LogP contribution in [0.4, 0.5) is 5.69 Å². The fourth-order valence-electron chi connectivity index (χ4n) is 1.90. The van der Waals surface area contributed by atoms with E-state index in [0.29, 0.717) is 24.8 Å². The van der Waals surface area contributed by atoms with Crippen LogP contribution in [0.2, 0.25) is 0 Å². The molecule has 4 heteroatoms. The summed E-state index contributed by atoms with van der Waals surface area (Å²) in [7, 11) is 0. The minimum absolute atomic E-state index is 0.0747. The summed E-state index contributed by atoms with van der Waals surface area (Å²) in [4.78, 5) is 22.7. The smallest absolute Gasteiger partial charge is 0.221 e. The molecule has 0 aliphatic heterocycles. The standard InChI is InChI=1S/C17H26N2O2/c1-12(2)13(3)11-17(21)18-10-9-15-5-7-16(8-6-15)19-14(4)20/h5-8,12-13H,9-11H2,1-4H3,(H,18,21)(H,19,20). The Morgan fingerprint density at radius 3 is 2.24 bits per heavy atom. The summed E-state index contributed by atoms with van der Waals surface area (Å²) in [6.45, 7) is 8.50. The van der Waals surface area contributed by atoms with Gasteiger partial charge in [-0.1, -0.05) is 32.9 Å². The van der Waals surface area contributed by atoms with Gasteiger partial charge in [0.2, 0.25) is 11.8 Å². The van der Waals surface area contributed by atoms with E-state index in [2.05, 4.69) is 31.4 Å². The van der Waals surface area contributed by atoms with Crippen LogP contribution >= 0.6 is 0 Å². The number of amides is 2. The molecule has 2 N–H and O–H groups in total. The van der Waals surface area contributed by atoms with Crippen LogP contribution in [0.25, 0.3) is 0 Å². The molecule has 1 atom stereocenters. The zero-order valence-electron chi connectivity index (χ0n) is 13.4. The molecule has 1 rings (SSSR count). The van der Waals surface area contributed by atoms with Crippen molar-refractivity contribution in [3.8, 4) is 0 Å². The minimum Gasteiger partial charge on any atom is -0.356 e. The van der Waals surface area contributed by atoms with Gasteiger partial charge in [-0.2, -0.15) is 0 Å². The number of hydrogen-bond donors (Lipinski definition) is 2. The second kappa shape index (κ2) is 8.45. The third-order valence-corrected chi connectivity index (χ3v) is 3.66. The van der Waals surface area contributed by atoms with E-state index in [1.807, 2.05) is 24.3 Å². The van der Waals surface area contributed by atoms with Crippen LogP contribution in [0.15, 0.2) is 24.3 Å². The second-order valence-corrected chi connectivity index (χ2v) is 5.90. The summed E-state index contributed by atoms with van der Waals surface area (Å²) < 4.78 is 0. The third kappa shape index (κ3) is 6.93. The molecule has 0 fully saturated rings. The van der Waals surface area contributed by atoms with Crippen molar-refractivity contribution in [1.82, 2.24) is 5.32 Å². The molecule has 0 saturated carbocycles. The molecule has 0 heterocycles. The topological polar surface area (TPSA) is 58.2 Å². The van der Waals surface area contributed by atoms with Crippen molar-refractivity contribution < 1.29 is 9.59 Å². The van der Waals surface area contributed by atoms with Gasteiger partial charge in [-0.05, 0) is 36.0 Å². The summed E-state index contributed by atoms with van der Waals surface area (Å²) in [6, 6.07) is 7.68. The fraction of sp³-hybridized carbons (Fsp3) is 0.529. The maximum Gasteiger partial charge on any atom is 0.221 e. The normalized spacial score (nSPS) is 12.0. The van der Waals surface area contributed by atoms with Crippen molar-refractivity contribution in [2.45, 2.75) is 40.5 Å². The molecule has 0 spiro atoms. The highest BCUT2D eigenvalue weighted by molar-refractivity contribution is 5.88. The Hall–Kier alpha value is -1.84. The van der Waals surface area contributed by atoms with Crippen molar-refractivity contribution in [2.24, 2.45) is 11.8 Å². The highest BCUT2D eigenvalue weighted by atomic mass is 16.2. The average molecular weight is 290 g/mol. The van der Waals surface area contributed by atoms with Crippen LogP contribution < -0.4 is 10.6 Å². The Bertz CT molecular complexity index is 466. The van der Waals surface area contributed by atoms with E-state index in [1.54, 1.807) is 0 Å². The minimum atomic E-state index is -0.0747. The summed E-state index contributed by atoms with van der Waals surface area (Å²) in [5, 5.41) is 5.68. The lowest BCUT2D eigenvalue weighted by Crippen LogP contribution is -2.28. The van der Waals surface area contributed by atoms with E-state index in [0.717, 1.165) is 17.7 Å². The fourth-order valence-corrected chi connectivity index (χ4v) is 1.90. The quantitative estimate of drug-likeness (QED) is 0.811. The van der Waals surface area contributed by atoms with Crippen molar-refractivity contribution >= 4 is 17.5 Å². The molecular formula is C17H26N2O2. The Balaban J connectivity index is 2.32. The van der Waals surface area contributed by atoms with Gasteiger partial charge in [0.1, 0.15) is 0 Å². The number of carbonyl (C=O) groups excluding carboxylic acids is 2. The number of hydrogen-bond acceptors (Lipinski definition) is 2. The molecule has 0 saturated heterocycles. The predicted molar refractivity (Wildman–Crippen MR) is 86.1 cm³/mol. The van der Waals surface area contributed by atoms with Crippen LogP contribution in [-0.2, 0) is 16.0 Å². The van der Waals surface area contributed by atoms with Crippen LogP contribution in [0.1, 0.15) is 39.7 Å². The lowest BCUT2D eigenvalue weighted by molar-refractivity contribution is -0.122. The zero-order chi connectivity index (χ0) is 15.8. The Kier molecular flexibility index (Phi) is 6.92. The number of benzene rings is 1. The van der Waals surface area contributed by atoms with Gasteiger partial charge in [-0.25, -0.2) is 0 Å².